The van der Waals surface area contributed by atoms with Gasteiger partial charge in [-0.2, -0.15) is 0 Å². The van der Waals surface area contributed by atoms with Crippen molar-refractivity contribution in [3.05, 3.63) is 23.9 Å². The first-order valence-corrected chi connectivity index (χ1v) is 8.48. The third kappa shape index (κ3) is 3.97. The summed E-state index contributed by atoms with van der Waals surface area (Å²) >= 11 is 0. The zero-order valence-electron chi connectivity index (χ0n) is 14.3. The van der Waals surface area contributed by atoms with Crippen molar-refractivity contribution in [3.8, 4) is 0 Å². The van der Waals surface area contributed by atoms with E-state index < -0.39 is 0 Å². The summed E-state index contributed by atoms with van der Waals surface area (Å²) in [5, 5.41) is 3.56. The van der Waals surface area contributed by atoms with E-state index in [1.54, 1.807) is 0 Å². The predicted octanol–water partition coefficient (Wildman–Crippen LogP) is 4.01. The molecule has 1 N–H and O–H groups in total. The van der Waals surface area contributed by atoms with Crippen LogP contribution in [0.2, 0.25) is 0 Å². The number of aromatic nitrogens is 1. The van der Waals surface area contributed by atoms with Crippen LogP contribution in [-0.4, -0.2) is 24.1 Å². The molecule has 1 aliphatic rings. The van der Waals surface area contributed by atoms with Crippen molar-refractivity contribution in [3.63, 3.8) is 0 Å². The Morgan fingerprint density at radius 2 is 2.14 bits per heavy atom. The van der Waals surface area contributed by atoms with Crippen molar-refractivity contribution < 1.29 is 0 Å². The van der Waals surface area contributed by atoms with Crippen LogP contribution in [0.25, 0.3) is 0 Å². The Balaban J connectivity index is 2.16. The summed E-state index contributed by atoms with van der Waals surface area (Å²) in [5.74, 6) is 2.62. The molecule has 4 unspecified atom stereocenters. The van der Waals surface area contributed by atoms with E-state index in [0.29, 0.717) is 12.1 Å². The first kappa shape index (κ1) is 16.3. The molecule has 4 atom stereocenters. The summed E-state index contributed by atoms with van der Waals surface area (Å²) in [6, 6.07) is 5.37. The van der Waals surface area contributed by atoms with Gasteiger partial charge >= 0.3 is 0 Å². The highest BCUT2D eigenvalue weighted by atomic mass is 15.2. The first-order valence-electron chi connectivity index (χ1n) is 8.48. The van der Waals surface area contributed by atoms with Crippen molar-refractivity contribution in [2.45, 2.75) is 59.5 Å². The summed E-state index contributed by atoms with van der Waals surface area (Å²) in [4.78, 5) is 7.14. The highest BCUT2D eigenvalue weighted by molar-refractivity contribution is 5.43. The monoisotopic (exact) mass is 289 g/mol. The molecule has 0 amide bonds. The van der Waals surface area contributed by atoms with Gasteiger partial charge in [-0.05, 0) is 62.8 Å². The number of rotatable bonds is 5. The van der Waals surface area contributed by atoms with Crippen LogP contribution >= 0.6 is 0 Å². The molecule has 0 saturated carbocycles. The van der Waals surface area contributed by atoms with Gasteiger partial charge in [0.15, 0.2) is 0 Å². The van der Waals surface area contributed by atoms with E-state index in [0.717, 1.165) is 30.7 Å². The lowest BCUT2D eigenvalue weighted by Crippen LogP contribution is -2.46. The standard InChI is InChI=1S/C18H31N3/c1-6-8-19-15(4)17-7-9-20-18(11-17)21-12-13(2)10-14(3)16(21)5/h7,9,11,13-16,19H,6,8,10,12H2,1-5H3. The molecule has 0 aliphatic carbocycles. The van der Waals surface area contributed by atoms with E-state index in [2.05, 4.69) is 62.0 Å². The first-order chi connectivity index (χ1) is 10.0. The van der Waals surface area contributed by atoms with Crippen LogP contribution in [0, 0.1) is 11.8 Å². The Kier molecular flexibility index (Phi) is 5.63. The molecule has 3 nitrogen and oxygen atoms in total. The van der Waals surface area contributed by atoms with Gasteiger partial charge in [-0.15, -0.1) is 0 Å². The smallest absolute Gasteiger partial charge is 0.129 e. The van der Waals surface area contributed by atoms with E-state index in [1.807, 2.05) is 6.20 Å². The lowest BCUT2D eigenvalue weighted by atomic mass is 9.86. The van der Waals surface area contributed by atoms with Crippen LogP contribution in [0.15, 0.2) is 18.3 Å². The van der Waals surface area contributed by atoms with Gasteiger partial charge in [-0.25, -0.2) is 4.98 Å². The van der Waals surface area contributed by atoms with Gasteiger partial charge < -0.3 is 10.2 Å². The Bertz CT molecular complexity index is 446. The fourth-order valence-electron chi connectivity index (χ4n) is 3.36. The second-order valence-corrected chi connectivity index (χ2v) is 6.83. The van der Waals surface area contributed by atoms with Crippen LogP contribution < -0.4 is 10.2 Å². The van der Waals surface area contributed by atoms with Gasteiger partial charge in [0.2, 0.25) is 0 Å². The minimum atomic E-state index is 0.390. The molecule has 1 aliphatic heterocycles. The van der Waals surface area contributed by atoms with Crippen molar-refractivity contribution in [2.75, 3.05) is 18.0 Å². The summed E-state index contributed by atoms with van der Waals surface area (Å²) in [7, 11) is 0. The molecule has 21 heavy (non-hydrogen) atoms. The molecular formula is C18H31N3. The number of pyridine rings is 1. The van der Waals surface area contributed by atoms with Gasteiger partial charge in [0, 0.05) is 24.8 Å². The molecule has 1 fully saturated rings. The molecule has 1 aromatic heterocycles. The lowest BCUT2D eigenvalue weighted by Gasteiger charge is -2.42. The second-order valence-electron chi connectivity index (χ2n) is 6.83. The molecule has 2 rings (SSSR count). The van der Waals surface area contributed by atoms with Gasteiger partial charge in [0.25, 0.3) is 0 Å². The van der Waals surface area contributed by atoms with Gasteiger partial charge in [-0.1, -0.05) is 20.8 Å². The normalized spacial score (nSPS) is 27.7. The van der Waals surface area contributed by atoms with Crippen LogP contribution in [-0.2, 0) is 0 Å². The molecule has 1 aromatic rings. The predicted molar refractivity (Wildman–Crippen MR) is 90.7 cm³/mol. The van der Waals surface area contributed by atoms with Crippen molar-refractivity contribution in [2.24, 2.45) is 11.8 Å². The van der Waals surface area contributed by atoms with E-state index in [-0.39, 0.29) is 0 Å². The quantitative estimate of drug-likeness (QED) is 0.887. The summed E-state index contributed by atoms with van der Waals surface area (Å²) in [5.41, 5.74) is 1.34. The van der Waals surface area contributed by atoms with E-state index in [1.165, 1.54) is 18.4 Å². The minimum absolute atomic E-state index is 0.390. The summed E-state index contributed by atoms with van der Waals surface area (Å²) in [6.07, 6.45) is 4.46. The van der Waals surface area contributed by atoms with Crippen LogP contribution in [0.4, 0.5) is 5.82 Å². The number of nitrogens with one attached hydrogen (secondary N) is 1. The number of piperidine rings is 1. The third-order valence-corrected chi connectivity index (χ3v) is 4.86. The third-order valence-electron chi connectivity index (χ3n) is 4.86. The van der Waals surface area contributed by atoms with Crippen LogP contribution in [0.3, 0.4) is 0 Å². The molecule has 0 aromatic carbocycles. The van der Waals surface area contributed by atoms with E-state index >= 15 is 0 Å². The molecule has 2 heterocycles. The topological polar surface area (TPSA) is 28.2 Å². The number of nitrogens with zero attached hydrogens (tertiary/aromatic N) is 2. The largest absolute Gasteiger partial charge is 0.353 e. The lowest BCUT2D eigenvalue weighted by molar-refractivity contribution is 0.295. The van der Waals surface area contributed by atoms with Crippen LogP contribution in [0.5, 0.6) is 0 Å². The summed E-state index contributed by atoms with van der Waals surface area (Å²) in [6.45, 7) is 13.7. The average Bonchev–Trinajstić information content (AvgIpc) is 2.48. The van der Waals surface area contributed by atoms with Crippen molar-refractivity contribution in [1.29, 1.82) is 0 Å². The molecule has 0 radical (unpaired) electrons. The average molecular weight is 289 g/mol. The van der Waals surface area contributed by atoms with Crippen molar-refractivity contribution >= 4 is 5.82 Å². The maximum Gasteiger partial charge on any atom is 0.129 e. The molecular weight excluding hydrogens is 258 g/mol. The fourth-order valence-corrected chi connectivity index (χ4v) is 3.36. The van der Waals surface area contributed by atoms with Gasteiger partial charge in [0.05, 0.1) is 0 Å². The van der Waals surface area contributed by atoms with Crippen molar-refractivity contribution in [1.82, 2.24) is 10.3 Å². The van der Waals surface area contributed by atoms with Crippen LogP contribution in [0.1, 0.15) is 59.1 Å². The Labute approximate surface area is 130 Å². The number of anilines is 1. The SMILES string of the molecule is CCCNC(C)c1ccnc(N2CC(C)CC(C)C2C)c1. The Morgan fingerprint density at radius 1 is 1.38 bits per heavy atom. The van der Waals surface area contributed by atoms with Gasteiger partial charge in [0.1, 0.15) is 5.82 Å². The second kappa shape index (κ2) is 7.26. The highest BCUT2D eigenvalue weighted by Gasteiger charge is 2.29. The molecule has 0 spiro atoms. The zero-order valence-corrected chi connectivity index (χ0v) is 14.3. The molecule has 118 valence electrons. The zero-order chi connectivity index (χ0) is 15.4. The van der Waals surface area contributed by atoms with E-state index in [4.69, 9.17) is 0 Å². The molecule has 3 heteroatoms. The Hall–Kier alpha value is -1.09. The maximum atomic E-state index is 4.64. The molecule has 1 saturated heterocycles. The van der Waals surface area contributed by atoms with Gasteiger partial charge in [-0.3, -0.25) is 0 Å². The number of hydrogen-bond acceptors (Lipinski definition) is 3. The fraction of sp³-hybridized carbons (Fsp3) is 0.722. The number of hydrogen-bond donors (Lipinski definition) is 1. The highest BCUT2D eigenvalue weighted by Crippen LogP contribution is 2.31. The van der Waals surface area contributed by atoms with E-state index in [9.17, 15) is 0 Å². The minimum Gasteiger partial charge on any atom is -0.353 e. The summed E-state index contributed by atoms with van der Waals surface area (Å²) < 4.78 is 0. The maximum absolute atomic E-state index is 4.64. The Morgan fingerprint density at radius 3 is 2.86 bits per heavy atom. The molecule has 0 bridgehead atoms.